The molecule has 18 heavy (non-hydrogen) atoms. The van der Waals surface area contributed by atoms with Gasteiger partial charge >= 0.3 is 11.9 Å². The molecule has 0 amide bonds. The Morgan fingerprint density at radius 3 is 2.39 bits per heavy atom. The highest BCUT2D eigenvalue weighted by Crippen LogP contribution is 2.10. The molecule has 0 atom stereocenters. The molecule has 0 aromatic carbocycles. The zero-order valence-electron chi connectivity index (χ0n) is 10.1. The number of nitrogens with zero attached hydrogens (tertiary/aromatic N) is 1. The number of aromatic nitrogens is 1. The summed E-state index contributed by atoms with van der Waals surface area (Å²) in [6.45, 7) is 3.71. The van der Waals surface area contributed by atoms with Gasteiger partial charge in [-0.2, -0.15) is 4.37 Å². The summed E-state index contributed by atoms with van der Waals surface area (Å²) in [7, 11) is 0. The van der Waals surface area contributed by atoms with Crippen LogP contribution >= 0.6 is 11.5 Å². The summed E-state index contributed by atoms with van der Waals surface area (Å²) in [5.41, 5.74) is 0.510. The van der Waals surface area contributed by atoms with Gasteiger partial charge in [0.1, 0.15) is 0 Å². The summed E-state index contributed by atoms with van der Waals surface area (Å²) in [5.74, 6) is -1.43. The van der Waals surface area contributed by atoms with Crippen LogP contribution in [0.25, 0.3) is 0 Å². The van der Waals surface area contributed by atoms with Crippen LogP contribution in [0.5, 0.6) is 0 Å². The Hall–Kier alpha value is -1.89. The number of rotatable bonds is 6. The maximum Gasteiger partial charge on any atom is 0.347 e. The van der Waals surface area contributed by atoms with E-state index >= 15 is 0 Å². The van der Waals surface area contributed by atoms with E-state index in [1.54, 1.807) is 25.4 Å². The third-order valence-corrected chi connectivity index (χ3v) is 2.39. The predicted molar refractivity (Wildman–Crippen MR) is 67.1 cm³/mol. The number of esters is 2. The first-order valence-corrected chi connectivity index (χ1v) is 6.23. The zero-order valence-corrected chi connectivity index (χ0v) is 11.0. The molecular weight excluding hydrogens is 256 g/mol. The van der Waals surface area contributed by atoms with Crippen molar-refractivity contribution in [3.05, 3.63) is 23.3 Å². The second kappa shape index (κ2) is 7.44. The molecule has 1 rings (SSSR count). The Labute approximate surface area is 109 Å². The first-order chi connectivity index (χ1) is 8.69. The monoisotopic (exact) mass is 270 g/mol. The quantitative estimate of drug-likeness (QED) is 0.366. The second-order valence-electron chi connectivity index (χ2n) is 3.06. The molecule has 0 spiro atoms. The standard InChI is InChI=1S/C11H14N2O4S/c1-3-16-10(14)9(11(15)17-4-2)6-12-8-5-13-18-7-8/h5-7,12H,3-4H2,1-2H3. The van der Waals surface area contributed by atoms with Crippen molar-refractivity contribution in [2.24, 2.45) is 0 Å². The molecule has 1 heterocycles. The Morgan fingerprint density at radius 2 is 1.94 bits per heavy atom. The van der Waals surface area contributed by atoms with Crippen LogP contribution in [0.1, 0.15) is 13.8 Å². The number of anilines is 1. The van der Waals surface area contributed by atoms with E-state index in [2.05, 4.69) is 9.69 Å². The maximum atomic E-state index is 11.6. The molecule has 0 aliphatic rings. The third kappa shape index (κ3) is 4.17. The lowest BCUT2D eigenvalue weighted by molar-refractivity contribution is -0.146. The fourth-order valence-corrected chi connectivity index (χ4v) is 1.53. The number of ether oxygens (including phenoxy) is 2. The Kier molecular flexibility index (Phi) is 5.86. The van der Waals surface area contributed by atoms with Gasteiger partial charge in [-0.05, 0) is 25.4 Å². The van der Waals surface area contributed by atoms with Crippen molar-refractivity contribution in [2.75, 3.05) is 18.5 Å². The lowest BCUT2D eigenvalue weighted by Gasteiger charge is -2.06. The van der Waals surface area contributed by atoms with Crippen LogP contribution in [0.15, 0.2) is 23.3 Å². The van der Waals surface area contributed by atoms with E-state index in [1.165, 1.54) is 17.7 Å². The topological polar surface area (TPSA) is 77.5 Å². The van der Waals surface area contributed by atoms with E-state index in [0.29, 0.717) is 5.69 Å². The minimum absolute atomic E-state index is 0.176. The summed E-state index contributed by atoms with van der Waals surface area (Å²) in [6.07, 6.45) is 2.84. The van der Waals surface area contributed by atoms with Crippen molar-refractivity contribution in [1.29, 1.82) is 0 Å². The van der Waals surface area contributed by atoms with Gasteiger partial charge in [0.05, 0.1) is 25.1 Å². The van der Waals surface area contributed by atoms with Crippen LogP contribution in [0.3, 0.4) is 0 Å². The molecule has 98 valence electrons. The molecule has 0 unspecified atom stereocenters. The highest BCUT2D eigenvalue weighted by molar-refractivity contribution is 7.04. The molecule has 1 aromatic heterocycles. The van der Waals surface area contributed by atoms with E-state index in [-0.39, 0.29) is 18.8 Å². The van der Waals surface area contributed by atoms with Crippen LogP contribution in [0.4, 0.5) is 5.69 Å². The van der Waals surface area contributed by atoms with Crippen molar-refractivity contribution in [2.45, 2.75) is 13.8 Å². The predicted octanol–water partition coefficient (Wildman–Crippen LogP) is 1.57. The van der Waals surface area contributed by atoms with Crippen molar-refractivity contribution >= 4 is 29.2 Å². The highest BCUT2D eigenvalue weighted by atomic mass is 32.1. The van der Waals surface area contributed by atoms with Gasteiger partial charge in [-0.25, -0.2) is 9.59 Å². The van der Waals surface area contributed by atoms with Gasteiger partial charge < -0.3 is 14.8 Å². The van der Waals surface area contributed by atoms with Crippen molar-refractivity contribution in [3.8, 4) is 0 Å². The fourth-order valence-electron chi connectivity index (χ4n) is 1.05. The average molecular weight is 270 g/mol. The van der Waals surface area contributed by atoms with Crippen molar-refractivity contribution in [3.63, 3.8) is 0 Å². The Balaban J connectivity index is 2.78. The molecule has 0 fully saturated rings. The SMILES string of the molecule is CCOC(=O)C(=CNc1cnsc1)C(=O)OCC. The van der Waals surface area contributed by atoms with Gasteiger partial charge in [-0.15, -0.1) is 0 Å². The summed E-state index contributed by atoms with van der Waals surface area (Å²) in [6, 6.07) is 0. The number of carbonyl (C=O) groups is 2. The molecule has 0 saturated heterocycles. The molecule has 0 radical (unpaired) electrons. The normalized spacial score (nSPS) is 9.44. The molecule has 0 bridgehead atoms. The highest BCUT2D eigenvalue weighted by Gasteiger charge is 2.20. The summed E-state index contributed by atoms with van der Waals surface area (Å²) in [4.78, 5) is 23.1. The van der Waals surface area contributed by atoms with Gasteiger partial charge in [0.25, 0.3) is 0 Å². The van der Waals surface area contributed by atoms with Crippen LogP contribution in [-0.4, -0.2) is 29.5 Å². The van der Waals surface area contributed by atoms with Crippen molar-refractivity contribution < 1.29 is 19.1 Å². The van der Waals surface area contributed by atoms with Crippen LogP contribution in [0, 0.1) is 0 Å². The molecule has 0 aliphatic heterocycles. The molecular formula is C11H14N2O4S. The molecule has 1 N–H and O–H groups in total. The van der Waals surface area contributed by atoms with E-state index in [1.807, 2.05) is 0 Å². The number of carbonyl (C=O) groups excluding carboxylic acids is 2. The summed E-state index contributed by atoms with van der Waals surface area (Å²) >= 11 is 1.25. The van der Waals surface area contributed by atoms with Gasteiger partial charge in [0, 0.05) is 11.6 Å². The number of nitrogens with one attached hydrogen (secondary N) is 1. The van der Waals surface area contributed by atoms with Gasteiger partial charge in [0.15, 0.2) is 5.57 Å². The molecule has 6 nitrogen and oxygen atoms in total. The van der Waals surface area contributed by atoms with E-state index in [0.717, 1.165) is 0 Å². The molecule has 7 heteroatoms. The van der Waals surface area contributed by atoms with Gasteiger partial charge in [0.2, 0.25) is 0 Å². The van der Waals surface area contributed by atoms with Crippen LogP contribution in [0.2, 0.25) is 0 Å². The number of hydrogen-bond donors (Lipinski definition) is 1. The zero-order chi connectivity index (χ0) is 13.4. The molecule has 1 aromatic rings. The molecule has 0 aliphatic carbocycles. The van der Waals surface area contributed by atoms with E-state index < -0.39 is 11.9 Å². The Bertz CT molecular complexity index is 408. The first-order valence-electron chi connectivity index (χ1n) is 5.39. The largest absolute Gasteiger partial charge is 0.462 e. The number of hydrogen-bond acceptors (Lipinski definition) is 7. The third-order valence-electron chi connectivity index (χ3n) is 1.81. The minimum atomic E-state index is -0.716. The van der Waals surface area contributed by atoms with Crippen molar-refractivity contribution in [1.82, 2.24) is 4.37 Å². The summed E-state index contributed by atoms with van der Waals surface area (Å²) < 4.78 is 13.4. The lowest BCUT2D eigenvalue weighted by Crippen LogP contribution is -2.19. The van der Waals surface area contributed by atoms with Crippen LogP contribution < -0.4 is 5.32 Å². The summed E-state index contributed by atoms with van der Waals surface area (Å²) in [5, 5.41) is 4.53. The lowest BCUT2D eigenvalue weighted by atomic mass is 10.3. The molecule has 0 saturated carbocycles. The first kappa shape index (κ1) is 14.2. The minimum Gasteiger partial charge on any atom is -0.462 e. The Morgan fingerprint density at radius 1 is 1.33 bits per heavy atom. The fraction of sp³-hybridized carbons (Fsp3) is 0.364. The van der Waals surface area contributed by atoms with Gasteiger partial charge in [-0.3, -0.25) is 0 Å². The second-order valence-corrected chi connectivity index (χ2v) is 3.71. The van der Waals surface area contributed by atoms with E-state index in [9.17, 15) is 9.59 Å². The van der Waals surface area contributed by atoms with Gasteiger partial charge in [-0.1, -0.05) is 0 Å². The average Bonchev–Trinajstić information content (AvgIpc) is 2.83. The van der Waals surface area contributed by atoms with Crippen LogP contribution in [-0.2, 0) is 19.1 Å². The maximum absolute atomic E-state index is 11.6. The smallest absolute Gasteiger partial charge is 0.347 e. The van der Waals surface area contributed by atoms with E-state index in [4.69, 9.17) is 9.47 Å².